The molecule has 0 atom stereocenters. The maximum atomic E-state index is 13.6. The van der Waals surface area contributed by atoms with Gasteiger partial charge in [-0.1, -0.05) is 41.9 Å². The number of halogens is 2. The van der Waals surface area contributed by atoms with E-state index in [1.54, 1.807) is 36.4 Å². The van der Waals surface area contributed by atoms with Gasteiger partial charge in [0.1, 0.15) is 33.8 Å². The van der Waals surface area contributed by atoms with E-state index in [2.05, 4.69) is 15.6 Å². The second kappa shape index (κ2) is 12.0. The van der Waals surface area contributed by atoms with Gasteiger partial charge in [0.2, 0.25) is 0 Å². The van der Waals surface area contributed by atoms with Crippen LogP contribution in [0.15, 0.2) is 83.3 Å². The Morgan fingerprint density at radius 2 is 1.82 bits per heavy atom. The average Bonchev–Trinajstić information content (AvgIpc) is 3.39. The van der Waals surface area contributed by atoms with Gasteiger partial charge in [0.25, 0.3) is 0 Å². The van der Waals surface area contributed by atoms with Gasteiger partial charge in [0.15, 0.2) is 17.3 Å². The van der Waals surface area contributed by atoms with Crippen LogP contribution in [0, 0.1) is 5.82 Å². The fraction of sp³-hybridized carbons (Fsp3) is 0.172. The normalized spacial score (nSPS) is 11.6. The van der Waals surface area contributed by atoms with Gasteiger partial charge in [-0.3, -0.25) is 0 Å². The zero-order valence-corrected chi connectivity index (χ0v) is 23.1. The second-order valence-electron chi connectivity index (χ2n) is 9.15. The number of nitrogens with zero attached hydrogens (tertiary/aromatic N) is 2. The maximum Gasteiger partial charge on any atom is 0.198 e. The summed E-state index contributed by atoms with van der Waals surface area (Å²) in [5, 5.41) is 7.56. The molecular formula is C29H26ClFN4O4S. The van der Waals surface area contributed by atoms with E-state index in [4.69, 9.17) is 25.7 Å². The van der Waals surface area contributed by atoms with Gasteiger partial charge in [0.05, 0.1) is 28.5 Å². The molecule has 3 aromatic carbocycles. The maximum absolute atomic E-state index is 13.6. The van der Waals surface area contributed by atoms with Crippen LogP contribution in [-0.2, 0) is 23.0 Å². The van der Waals surface area contributed by atoms with E-state index in [-0.39, 0.29) is 18.2 Å². The van der Waals surface area contributed by atoms with Gasteiger partial charge < -0.3 is 19.8 Å². The largest absolute Gasteiger partial charge is 0.485 e. The molecule has 0 fully saturated rings. The zero-order valence-electron chi connectivity index (χ0n) is 21.5. The van der Waals surface area contributed by atoms with Gasteiger partial charge in [-0.25, -0.2) is 22.8 Å². The Morgan fingerprint density at radius 1 is 1.00 bits per heavy atom. The van der Waals surface area contributed by atoms with Crippen LogP contribution >= 0.6 is 11.6 Å². The van der Waals surface area contributed by atoms with Crippen molar-refractivity contribution in [1.82, 2.24) is 15.3 Å². The highest BCUT2D eigenvalue weighted by Crippen LogP contribution is 2.37. The number of ether oxygens (including phenoxy) is 1. The fourth-order valence-electron chi connectivity index (χ4n) is 4.01. The molecule has 11 heteroatoms. The molecule has 0 saturated carbocycles. The number of rotatable bonds is 11. The highest BCUT2D eigenvalue weighted by molar-refractivity contribution is 7.90. The first-order valence-electron chi connectivity index (χ1n) is 12.4. The van der Waals surface area contributed by atoms with E-state index < -0.39 is 9.84 Å². The molecule has 0 saturated heterocycles. The van der Waals surface area contributed by atoms with E-state index in [1.807, 2.05) is 30.3 Å². The summed E-state index contributed by atoms with van der Waals surface area (Å²) in [6.07, 6.45) is 1.20. The summed E-state index contributed by atoms with van der Waals surface area (Å²) in [6.45, 7) is 0.806. The summed E-state index contributed by atoms with van der Waals surface area (Å²) in [6, 6.07) is 22.6. The van der Waals surface area contributed by atoms with Crippen LogP contribution in [0.1, 0.15) is 11.3 Å². The number of para-hydroxylation sites is 2. The molecule has 5 aromatic rings. The summed E-state index contributed by atoms with van der Waals surface area (Å²) in [7, 11) is -3.05. The Bertz CT molecular complexity index is 1760. The topological polar surface area (TPSA) is 106 Å². The number of benzene rings is 3. The summed E-state index contributed by atoms with van der Waals surface area (Å²) >= 11 is 6.49. The lowest BCUT2D eigenvalue weighted by Gasteiger charge is -2.16. The lowest BCUT2D eigenvalue weighted by molar-refractivity contribution is 0.307. The summed E-state index contributed by atoms with van der Waals surface area (Å²) in [4.78, 5) is 9.42. The van der Waals surface area contributed by atoms with Crippen molar-refractivity contribution in [2.45, 2.75) is 13.2 Å². The van der Waals surface area contributed by atoms with Crippen LogP contribution < -0.4 is 15.4 Å². The minimum Gasteiger partial charge on any atom is -0.485 e. The molecular weight excluding hydrogens is 555 g/mol. The molecule has 2 heterocycles. The predicted octanol–water partition coefficient (Wildman–Crippen LogP) is 6.14. The number of fused-ring (bicyclic) bond motifs is 1. The van der Waals surface area contributed by atoms with E-state index in [0.29, 0.717) is 63.8 Å². The molecule has 8 nitrogen and oxygen atoms in total. The third-order valence-electron chi connectivity index (χ3n) is 5.93. The molecule has 206 valence electrons. The van der Waals surface area contributed by atoms with Crippen LogP contribution in [-0.4, -0.2) is 36.9 Å². The van der Waals surface area contributed by atoms with Gasteiger partial charge in [-0.05, 0) is 54.1 Å². The van der Waals surface area contributed by atoms with E-state index in [0.717, 1.165) is 5.39 Å². The van der Waals surface area contributed by atoms with Crippen molar-refractivity contribution in [3.8, 4) is 17.3 Å². The van der Waals surface area contributed by atoms with E-state index >= 15 is 0 Å². The number of nitrogens with one attached hydrogen (secondary N) is 2. The molecule has 0 bridgehead atoms. The Balaban J connectivity index is 1.41. The third kappa shape index (κ3) is 6.95. The number of anilines is 2. The SMILES string of the molecule is CS(=O)(=O)CCNCc1ccc(-c2nc(Nc3cccc(Cl)c3OCc3cccc(F)c3)c3ccccc3n2)o1. The molecule has 0 aliphatic rings. The zero-order chi connectivity index (χ0) is 28.1. The predicted molar refractivity (Wildman–Crippen MR) is 154 cm³/mol. The van der Waals surface area contributed by atoms with E-state index in [1.165, 1.54) is 18.4 Å². The lowest BCUT2D eigenvalue weighted by atomic mass is 10.2. The molecule has 40 heavy (non-hydrogen) atoms. The summed E-state index contributed by atoms with van der Waals surface area (Å²) in [5.74, 6) is 2.07. The number of hydrogen-bond donors (Lipinski definition) is 2. The Labute approximate surface area is 236 Å². The summed E-state index contributed by atoms with van der Waals surface area (Å²) in [5.41, 5.74) is 1.94. The summed E-state index contributed by atoms with van der Waals surface area (Å²) < 4.78 is 48.3. The first-order chi connectivity index (χ1) is 19.2. The highest BCUT2D eigenvalue weighted by Gasteiger charge is 2.16. The van der Waals surface area contributed by atoms with Crippen molar-refractivity contribution in [1.29, 1.82) is 0 Å². The lowest BCUT2D eigenvalue weighted by Crippen LogP contribution is -2.21. The van der Waals surface area contributed by atoms with Crippen molar-refractivity contribution in [3.05, 3.63) is 101 Å². The smallest absolute Gasteiger partial charge is 0.198 e. The number of sulfone groups is 1. The van der Waals surface area contributed by atoms with Gasteiger partial charge in [0, 0.05) is 18.2 Å². The van der Waals surface area contributed by atoms with Crippen molar-refractivity contribution in [2.24, 2.45) is 0 Å². The molecule has 0 aliphatic heterocycles. The first-order valence-corrected chi connectivity index (χ1v) is 14.9. The van der Waals surface area contributed by atoms with Crippen LogP contribution in [0.5, 0.6) is 5.75 Å². The van der Waals surface area contributed by atoms with Crippen molar-refractivity contribution in [2.75, 3.05) is 23.9 Å². The molecule has 2 aromatic heterocycles. The Kier molecular flexibility index (Phi) is 8.29. The molecule has 5 rings (SSSR count). The third-order valence-corrected chi connectivity index (χ3v) is 7.17. The standard InChI is InChI=1S/C29H26ClFN4O4S/c1-40(36,37)15-14-32-17-21-12-13-26(39-21)29-33-24-10-3-2-8-22(24)28(35-29)34-25-11-5-9-23(30)27(25)38-18-19-6-4-7-20(31)16-19/h2-13,16,32H,14-15,17-18H2,1H3,(H,33,34,35). The Morgan fingerprint density at radius 3 is 2.65 bits per heavy atom. The second-order valence-corrected chi connectivity index (χ2v) is 11.8. The molecule has 0 unspecified atom stereocenters. The van der Waals surface area contributed by atoms with Crippen LogP contribution in [0.2, 0.25) is 5.02 Å². The van der Waals surface area contributed by atoms with Gasteiger partial charge in [-0.2, -0.15) is 0 Å². The quantitative estimate of drug-likeness (QED) is 0.179. The van der Waals surface area contributed by atoms with Crippen LogP contribution in [0.3, 0.4) is 0 Å². The molecule has 0 amide bonds. The molecule has 0 radical (unpaired) electrons. The minimum atomic E-state index is -3.05. The van der Waals surface area contributed by atoms with Crippen LogP contribution in [0.25, 0.3) is 22.5 Å². The van der Waals surface area contributed by atoms with Crippen LogP contribution in [0.4, 0.5) is 15.9 Å². The van der Waals surface area contributed by atoms with Crippen molar-refractivity contribution in [3.63, 3.8) is 0 Å². The molecule has 0 aliphatic carbocycles. The first kappa shape index (κ1) is 27.6. The van der Waals surface area contributed by atoms with Gasteiger partial charge in [-0.15, -0.1) is 0 Å². The fourth-order valence-corrected chi connectivity index (χ4v) is 4.75. The number of aromatic nitrogens is 2. The Hall–Kier alpha value is -3.99. The highest BCUT2D eigenvalue weighted by atomic mass is 35.5. The van der Waals surface area contributed by atoms with Crippen molar-refractivity contribution < 1.29 is 22.0 Å². The monoisotopic (exact) mass is 580 g/mol. The molecule has 2 N–H and O–H groups in total. The van der Waals surface area contributed by atoms with Gasteiger partial charge >= 0.3 is 0 Å². The minimum absolute atomic E-state index is 0.0425. The number of furan rings is 1. The number of hydrogen-bond acceptors (Lipinski definition) is 8. The van der Waals surface area contributed by atoms with Crippen molar-refractivity contribution >= 4 is 43.8 Å². The average molecular weight is 581 g/mol. The molecule has 0 spiro atoms. The van der Waals surface area contributed by atoms with E-state index in [9.17, 15) is 12.8 Å².